The number of hydrogen-bond acceptors (Lipinski definition) is 5. The Hall–Kier alpha value is -3.62. The van der Waals surface area contributed by atoms with Crippen molar-refractivity contribution in [3.63, 3.8) is 0 Å². The van der Waals surface area contributed by atoms with Crippen molar-refractivity contribution in [2.75, 3.05) is 5.32 Å². The molecule has 4 rings (SSSR count). The van der Waals surface area contributed by atoms with Crippen LogP contribution in [0.15, 0.2) is 41.3 Å². The number of carbonyl (C=O) groups excluding carboxylic acids is 1. The lowest BCUT2D eigenvalue weighted by Gasteiger charge is -2.15. The number of amides is 1. The average Bonchev–Trinajstić information content (AvgIpc) is 3.49. The highest BCUT2D eigenvalue weighted by molar-refractivity contribution is 5.91. The van der Waals surface area contributed by atoms with Gasteiger partial charge in [-0.1, -0.05) is 19.9 Å². The molecule has 9 heteroatoms. The number of hydrogen-bond donors (Lipinski definition) is 3. The second-order valence-electron chi connectivity index (χ2n) is 8.12. The number of anilines is 1. The molecular weight excluding hydrogens is 399 g/mol. The number of fused-ring (bicyclic) bond motifs is 1. The molecular formula is C22H23FN6O2. The number of alkyl halides is 1. The summed E-state index contributed by atoms with van der Waals surface area (Å²) in [5.74, 6) is -0.492. The van der Waals surface area contributed by atoms with E-state index in [2.05, 4.69) is 10.4 Å². The Labute approximate surface area is 177 Å². The summed E-state index contributed by atoms with van der Waals surface area (Å²) in [5.41, 5.74) is -0.0306. The van der Waals surface area contributed by atoms with E-state index in [1.165, 1.54) is 16.8 Å². The van der Waals surface area contributed by atoms with Crippen molar-refractivity contribution in [1.29, 1.82) is 10.8 Å². The predicted octanol–water partition coefficient (Wildman–Crippen LogP) is 2.85. The fourth-order valence-corrected chi connectivity index (χ4v) is 3.56. The monoisotopic (exact) mass is 422 g/mol. The SMILES string of the molecule is CC(C)c1nn(CC(=O)Nc2ccc(=N)n(C=N)c2)c(=O)c2ccc(C3(F)CC3)cc12. The summed E-state index contributed by atoms with van der Waals surface area (Å²) in [7, 11) is 0. The Morgan fingerprint density at radius 2 is 2.03 bits per heavy atom. The van der Waals surface area contributed by atoms with Crippen molar-refractivity contribution >= 4 is 28.7 Å². The van der Waals surface area contributed by atoms with Gasteiger partial charge in [0.05, 0.1) is 23.1 Å². The van der Waals surface area contributed by atoms with Gasteiger partial charge in [-0.2, -0.15) is 5.10 Å². The van der Waals surface area contributed by atoms with Crippen LogP contribution in [0.2, 0.25) is 0 Å². The molecule has 1 aromatic carbocycles. The van der Waals surface area contributed by atoms with Gasteiger partial charge in [-0.05, 0) is 48.6 Å². The molecule has 0 unspecified atom stereocenters. The predicted molar refractivity (Wildman–Crippen MR) is 115 cm³/mol. The Bertz CT molecular complexity index is 1320. The number of nitrogens with zero attached hydrogens (tertiary/aromatic N) is 3. The van der Waals surface area contributed by atoms with Gasteiger partial charge >= 0.3 is 0 Å². The summed E-state index contributed by atoms with van der Waals surface area (Å²) in [4.78, 5) is 25.5. The molecule has 0 atom stereocenters. The fraction of sp³-hybridized carbons (Fsp3) is 0.318. The molecule has 0 bridgehead atoms. The smallest absolute Gasteiger partial charge is 0.275 e. The van der Waals surface area contributed by atoms with Gasteiger partial charge in [0.2, 0.25) is 5.91 Å². The molecule has 160 valence electrons. The van der Waals surface area contributed by atoms with Gasteiger partial charge in [0.1, 0.15) is 17.7 Å². The zero-order chi connectivity index (χ0) is 22.3. The summed E-state index contributed by atoms with van der Waals surface area (Å²) >= 11 is 0. The van der Waals surface area contributed by atoms with Gasteiger partial charge in [-0.3, -0.25) is 25.0 Å². The van der Waals surface area contributed by atoms with E-state index in [9.17, 15) is 14.0 Å². The van der Waals surface area contributed by atoms with E-state index in [4.69, 9.17) is 10.8 Å². The third-order valence-electron chi connectivity index (χ3n) is 5.44. The number of pyridine rings is 1. The second kappa shape index (κ2) is 7.57. The minimum Gasteiger partial charge on any atom is -0.323 e. The van der Waals surface area contributed by atoms with Crippen molar-refractivity contribution in [3.8, 4) is 0 Å². The van der Waals surface area contributed by atoms with E-state index in [-0.39, 0.29) is 18.0 Å². The van der Waals surface area contributed by atoms with Crippen molar-refractivity contribution in [2.24, 2.45) is 0 Å². The summed E-state index contributed by atoms with van der Waals surface area (Å²) in [6, 6.07) is 7.98. The molecule has 3 N–H and O–H groups in total. The van der Waals surface area contributed by atoms with Gasteiger partial charge in [-0.15, -0.1) is 0 Å². The maximum Gasteiger partial charge on any atom is 0.275 e. The molecule has 1 aliphatic rings. The zero-order valence-electron chi connectivity index (χ0n) is 17.3. The molecule has 1 amide bonds. The van der Waals surface area contributed by atoms with E-state index in [0.717, 1.165) is 11.0 Å². The Balaban J connectivity index is 1.68. The third-order valence-corrected chi connectivity index (χ3v) is 5.44. The zero-order valence-corrected chi connectivity index (χ0v) is 17.3. The second-order valence-corrected chi connectivity index (χ2v) is 8.12. The van der Waals surface area contributed by atoms with Crippen LogP contribution in [0.1, 0.15) is 43.9 Å². The standard InChI is InChI=1S/C22H23FN6O2/c1-13(2)20-17-9-14(22(23)7-8-22)3-5-16(17)21(31)29(27-20)11-19(30)26-15-4-6-18(25)28(10-15)12-24/h3-6,9-10,12-13,24-25H,7-8,11H2,1-2H3,(H,26,30). The van der Waals surface area contributed by atoms with Crippen LogP contribution in [0.4, 0.5) is 10.1 Å². The fourth-order valence-electron chi connectivity index (χ4n) is 3.56. The molecule has 0 aliphatic heterocycles. The number of benzene rings is 1. The number of carbonyl (C=O) groups is 1. The number of aromatic nitrogens is 3. The summed E-state index contributed by atoms with van der Waals surface area (Å²) < 4.78 is 16.9. The number of rotatable bonds is 6. The molecule has 2 aromatic heterocycles. The van der Waals surface area contributed by atoms with Crippen LogP contribution >= 0.6 is 0 Å². The molecule has 3 aromatic rings. The first-order chi connectivity index (χ1) is 14.7. The average molecular weight is 422 g/mol. The van der Waals surface area contributed by atoms with E-state index in [1.54, 1.807) is 24.3 Å². The van der Waals surface area contributed by atoms with Crippen LogP contribution < -0.4 is 16.4 Å². The van der Waals surface area contributed by atoms with Crippen molar-refractivity contribution in [3.05, 3.63) is 63.6 Å². The normalized spacial score (nSPS) is 14.6. The highest BCUT2D eigenvalue weighted by Crippen LogP contribution is 2.50. The Kier molecular flexibility index (Phi) is 5.04. The van der Waals surface area contributed by atoms with Crippen LogP contribution in [0, 0.1) is 10.8 Å². The first kappa shape index (κ1) is 20.6. The van der Waals surface area contributed by atoms with Crippen molar-refractivity contribution < 1.29 is 9.18 Å². The first-order valence-electron chi connectivity index (χ1n) is 10.0. The molecule has 0 saturated heterocycles. The van der Waals surface area contributed by atoms with E-state index >= 15 is 0 Å². The Morgan fingerprint density at radius 1 is 1.29 bits per heavy atom. The molecule has 0 spiro atoms. The lowest BCUT2D eigenvalue weighted by Crippen LogP contribution is -2.31. The molecule has 31 heavy (non-hydrogen) atoms. The quantitative estimate of drug-likeness (QED) is 0.419. The van der Waals surface area contributed by atoms with Crippen LogP contribution in [0.25, 0.3) is 10.8 Å². The molecule has 8 nitrogen and oxygen atoms in total. The summed E-state index contributed by atoms with van der Waals surface area (Å²) in [6.07, 6.45) is 3.37. The first-order valence-corrected chi connectivity index (χ1v) is 10.0. The lowest BCUT2D eigenvalue weighted by atomic mass is 9.99. The summed E-state index contributed by atoms with van der Waals surface area (Å²) in [6.45, 7) is 3.57. The minimum atomic E-state index is -1.31. The van der Waals surface area contributed by atoms with Gasteiger partial charge in [-0.25, -0.2) is 9.07 Å². The molecule has 1 fully saturated rings. The highest BCUT2D eigenvalue weighted by Gasteiger charge is 2.45. The molecule has 0 radical (unpaired) electrons. The number of halogens is 1. The van der Waals surface area contributed by atoms with Crippen LogP contribution in [-0.4, -0.2) is 26.6 Å². The summed E-state index contributed by atoms with van der Waals surface area (Å²) in [5, 5.41) is 23.1. The minimum absolute atomic E-state index is 0.0291. The molecule has 2 heterocycles. The van der Waals surface area contributed by atoms with Crippen LogP contribution in [0.5, 0.6) is 0 Å². The van der Waals surface area contributed by atoms with Crippen LogP contribution in [0.3, 0.4) is 0 Å². The maximum atomic E-state index is 14.5. The molecule has 1 saturated carbocycles. The maximum absolute atomic E-state index is 14.5. The van der Waals surface area contributed by atoms with E-state index < -0.39 is 17.1 Å². The third kappa shape index (κ3) is 3.90. The Morgan fingerprint density at radius 3 is 2.68 bits per heavy atom. The van der Waals surface area contributed by atoms with Gasteiger partial charge in [0.25, 0.3) is 5.56 Å². The van der Waals surface area contributed by atoms with Gasteiger partial charge in [0.15, 0.2) is 0 Å². The number of nitrogens with one attached hydrogen (secondary N) is 3. The van der Waals surface area contributed by atoms with Gasteiger partial charge in [0, 0.05) is 11.6 Å². The van der Waals surface area contributed by atoms with Crippen molar-refractivity contribution in [1.82, 2.24) is 14.3 Å². The largest absolute Gasteiger partial charge is 0.323 e. The van der Waals surface area contributed by atoms with Crippen molar-refractivity contribution in [2.45, 2.75) is 44.8 Å². The van der Waals surface area contributed by atoms with E-state index in [1.807, 2.05) is 13.8 Å². The lowest BCUT2D eigenvalue weighted by molar-refractivity contribution is -0.117. The van der Waals surface area contributed by atoms with Crippen LogP contribution in [-0.2, 0) is 17.0 Å². The topological polar surface area (TPSA) is 117 Å². The highest BCUT2D eigenvalue weighted by atomic mass is 19.1. The van der Waals surface area contributed by atoms with E-state index in [0.29, 0.717) is 40.6 Å². The van der Waals surface area contributed by atoms with Gasteiger partial charge < -0.3 is 5.32 Å². The molecule has 1 aliphatic carbocycles.